The van der Waals surface area contributed by atoms with Crippen LogP contribution in [0, 0.1) is 5.82 Å². The molecule has 0 aliphatic carbocycles. The van der Waals surface area contributed by atoms with E-state index >= 15 is 0 Å². The van der Waals surface area contributed by atoms with E-state index in [1.807, 2.05) is 0 Å². The number of nitrogens with zero attached hydrogens (tertiary/aromatic N) is 5. The largest absolute Gasteiger partial charge is 0.464 e. The second-order valence-corrected chi connectivity index (χ2v) is 9.01. The van der Waals surface area contributed by atoms with Crippen molar-refractivity contribution in [1.82, 2.24) is 30.1 Å². The fraction of sp³-hybridized carbons (Fsp3) is 0.583. The van der Waals surface area contributed by atoms with Gasteiger partial charge in [0.25, 0.3) is 0 Å². The van der Waals surface area contributed by atoms with Gasteiger partial charge in [-0.25, -0.2) is 13.9 Å². The molecule has 2 aliphatic rings. The summed E-state index contributed by atoms with van der Waals surface area (Å²) in [4.78, 5) is 29.8. The van der Waals surface area contributed by atoms with Gasteiger partial charge in [0.15, 0.2) is 5.69 Å². The lowest BCUT2D eigenvalue weighted by Gasteiger charge is -2.38. The Balaban J connectivity index is 1.43. The maximum Gasteiger partial charge on any atom is 0.360 e. The number of esters is 1. The van der Waals surface area contributed by atoms with Crippen LogP contribution in [0.3, 0.4) is 0 Å². The molecule has 1 amide bonds. The summed E-state index contributed by atoms with van der Waals surface area (Å²) in [6.07, 6.45) is 4.88. The first-order valence-electron chi connectivity index (χ1n) is 12.0. The minimum absolute atomic E-state index is 0.00385. The van der Waals surface area contributed by atoms with Crippen molar-refractivity contribution in [1.29, 1.82) is 0 Å². The normalized spacial score (nSPS) is 22.1. The molecule has 34 heavy (non-hydrogen) atoms. The number of ether oxygens (including phenoxy) is 1. The topological polar surface area (TPSA) is 92.6 Å². The second kappa shape index (κ2) is 11.1. The van der Waals surface area contributed by atoms with Crippen molar-refractivity contribution in [3.63, 3.8) is 0 Å². The minimum Gasteiger partial charge on any atom is -0.464 e. The van der Waals surface area contributed by atoms with Crippen LogP contribution in [0.25, 0.3) is 0 Å². The third kappa shape index (κ3) is 5.61. The molecule has 4 rings (SSSR count). The molecule has 2 saturated heterocycles. The molecule has 9 nitrogen and oxygen atoms in total. The number of likely N-dealkylation sites (tertiary alicyclic amines) is 2. The number of carbonyl (C=O) groups is 2. The van der Waals surface area contributed by atoms with Crippen molar-refractivity contribution in [3.05, 3.63) is 47.5 Å². The smallest absolute Gasteiger partial charge is 0.360 e. The van der Waals surface area contributed by atoms with Gasteiger partial charge in [0, 0.05) is 19.1 Å². The van der Waals surface area contributed by atoms with Crippen LogP contribution in [0.2, 0.25) is 0 Å². The van der Waals surface area contributed by atoms with E-state index < -0.39 is 5.97 Å². The predicted octanol–water partition coefficient (Wildman–Crippen LogP) is 1.66. The van der Waals surface area contributed by atoms with E-state index in [2.05, 4.69) is 32.4 Å². The minimum atomic E-state index is -0.525. The molecule has 2 fully saturated rings. The molecule has 0 bridgehead atoms. The highest BCUT2D eigenvalue weighted by Gasteiger charge is 2.42. The number of rotatable bonds is 8. The van der Waals surface area contributed by atoms with Crippen molar-refractivity contribution in [3.8, 4) is 0 Å². The van der Waals surface area contributed by atoms with Gasteiger partial charge in [0.2, 0.25) is 5.91 Å². The number of aromatic nitrogens is 3. The van der Waals surface area contributed by atoms with E-state index in [0.717, 1.165) is 38.0 Å². The van der Waals surface area contributed by atoms with E-state index in [1.54, 1.807) is 23.0 Å². The number of halogens is 1. The molecule has 1 aromatic carbocycles. The molecule has 0 radical (unpaired) electrons. The molecule has 1 N–H and O–H groups in total. The summed E-state index contributed by atoms with van der Waals surface area (Å²) in [7, 11) is 1.31. The van der Waals surface area contributed by atoms with E-state index in [4.69, 9.17) is 4.74 Å². The zero-order chi connectivity index (χ0) is 24.1. The maximum absolute atomic E-state index is 13.3. The van der Waals surface area contributed by atoms with Gasteiger partial charge in [-0.05, 0) is 63.0 Å². The highest BCUT2D eigenvalue weighted by atomic mass is 19.1. The van der Waals surface area contributed by atoms with Crippen LogP contribution in [0.15, 0.2) is 30.5 Å². The predicted molar refractivity (Wildman–Crippen MR) is 124 cm³/mol. The van der Waals surface area contributed by atoms with Crippen LogP contribution in [-0.2, 0) is 16.0 Å². The van der Waals surface area contributed by atoms with Gasteiger partial charge in [-0.3, -0.25) is 9.69 Å². The number of nitrogens with one attached hydrogen (secondary N) is 1. The van der Waals surface area contributed by atoms with Crippen LogP contribution >= 0.6 is 0 Å². The van der Waals surface area contributed by atoms with E-state index in [0.29, 0.717) is 32.0 Å². The lowest BCUT2D eigenvalue weighted by Crippen LogP contribution is -2.51. The first kappa shape index (κ1) is 24.3. The average molecular weight is 473 g/mol. The number of amides is 1. The Kier molecular flexibility index (Phi) is 7.89. The zero-order valence-electron chi connectivity index (χ0n) is 19.8. The van der Waals surface area contributed by atoms with Gasteiger partial charge in [-0.15, -0.1) is 5.10 Å². The standard InChI is InChI=1S/C24H33FN6O3/c1-3-29-12-9-19(10-13-29)30-15-20(31-16-21(27-28-31)24(33)34-2)14-22(30)23(32)26-11-8-17-4-6-18(25)7-5-17/h4-7,16,19-20,22H,3,8-15H2,1-2H3,(H,26,32)/t20-,22+/m1/s1. The summed E-state index contributed by atoms with van der Waals surface area (Å²) in [5, 5.41) is 11.2. The summed E-state index contributed by atoms with van der Waals surface area (Å²) in [5.74, 6) is -0.794. The quantitative estimate of drug-likeness (QED) is 0.584. The number of hydrogen-bond acceptors (Lipinski definition) is 7. The molecule has 2 aromatic rings. The summed E-state index contributed by atoms with van der Waals surface area (Å²) in [6, 6.07) is 6.34. The van der Waals surface area contributed by atoms with Crippen molar-refractivity contribution < 1.29 is 18.7 Å². The van der Waals surface area contributed by atoms with Crippen molar-refractivity contribution >= 4 is 11.9 Å². The first-order valence-corrected chi connectivity index (χ1v) is 12.0. The Hall–Kier alpha value is -2.85. The number of benzene rings is 1. The van der Waals surface area contributed by atoms with Crippen LogP contribution in [-0.4, -0.2) is 88.6 Å². The van der Waals surface area contributed by atoms with E-state index in [9.17, 15) is 14.0 Å². The van der Waals surface area contributed by atoms with Crippen LogP contribution < -0.4 is 5.32 Å². The van der Waals surface area contributed by atoms with Crippen LogP contribution in [0.5, 0.6) is 0 Å². The summed E-state index contributed by atoms with van der Waals surface area (Å²) < 4.78 is 19.6. The molecule has 3 heterocycles. The fourth-order valence-corrected chi connectivity index (χ4v) is 5.01. The molecule has 2 aliphatic heterocycles. The molecule has 2 atom stereocenters. The molecule has 1 aromatic heterocycles. The van der Waals surface area contributed by atoms with Gasteiger partial charge in [-0.2, -0.15) is 0 Å². The third-order valence-corrected chi connectivity index (χ3v) is 7.00. The van der Waals surface area contributed by atoms with Gasteiger partial charge in [-0.1, -0.05) is 24.3 Å². The van der Waals surface area contributed by atoms with E-state index in [1.165, 1.54) is 19.2 Å². The Morgan fingerprint density at radius 3 is 2.59 bits per heavy atom. The molecule has 184 valence electrons. The first-order chi connectivity index (χ1) is 16.5. The Labute approximate surface area is 199 Å². The van der Waals surface area contributed by atoms with Gasteiger partial charge >= 0.3 is 5.97 Å². The molecule has 10 heteroatoms. The van der Waals surface area contributed by atoms with Gasteiger partial charge in [0.1, 0.15) is 5.82 Å². The fourth-order valence-electron chi connectivity index (χ4n) is 5.01. The number of hydrogen-bond donors (Lipinski definition) is 1. The monoisotopic (exact) mass is 472 g/mol. The SMILES string of the molecule is CCN1CCC(N2C[C@H](n3cc(C(=O)OC)nn3)C[C@H]2C(=O)NCCc2ccc(F)cc2)CC1. The Morgan fingerprint density at radius 2 is 1.91 bits per heavy atom. The Morgan fingerprint density at radius 1 is 1.18 bits per heavy atom. The van der Waals surface area contributed by atoms with Crippen molar-refractivity contribution in [2.45, 2.75) is 50.7 Å². The average Bonchev–Trinajstić information content (AvgIpc) is 3.53. The molecule has 0 spiro atoms. The molecule has 0 saturated carbocycles. The van der Waals surface area contributed by atoms with Crippen LogP contribution in [0.4, 0.5) is 4.39 Å². The lowest BCUT2D eigenvalue weighted by molar-refractivity contribution is -0.126. The van der Waals surface area contributed by atoms with Crippen molar-refractivity contribution in [2.75, 3.05) is 39.8 Å². The summed E-state index contributed by atoms with van der Waals surface area (Å²) in [5.41, 5.74) is 1.14. The number of methoxy groups -OCH3 is 1. The van der Waals surface area contributed by atoms with E-state index in [-0.39, 0.29) is 29.5 Å². The second-order valence-electron chi connectivity index (χ2n) is 9.01. The van der Waals surface area contributed by atoms with Crippen LogP contribution in [0.1, 0.15) is 48.3 Å². The number of piperidine rings is 1. The third-order valence-electron chi connectivity index (χ3n) is 7.00. The zero-order valence-corrected chi connectivity index (χ0v) is 19.8. The van der Waals surface area contributed by atoms with Crippen molar-refractivity contribution in [2.24, 2.45) is 0 Å². The summed E-state index contributed by atoms with van der Waals surface area (Å²) >= 11 is 0. The molecule has 0 unspecified atom stereocenters. The maximum atomic E-state index is 13.3. The van der Waals surface area contributed by atoms with Gasteiger partial charge in [0.05, 0.1) is 25.4 Å². The summed E-state index contributed by atoms with van der Waals surface area (Å²) in [6.45, 7) is 6.43. The highest BCUT2D eigenvalue weighted by Crippen LogP contribution is 2.32. The molecular weight excluding hydrogens is 439 g/mol. The lowest BCUT2D eigenvalue weighted by atomic mass is 10.0. The Bertz CT molecular complexity index is 973. The molecular formula is C24H33FN6O3. The highest BCUT2D eigenvalue weighted by molar-refractivity contribution is 5.86. The number of carbonyl (C=O) groups excluding carboxylic acids is 2. The van der Waals surface area contributed by atoms with Gasteiger partial charge < -0.3 is 15.0 Å².